The number of halogens is 1. The molecule has 1 aromatic rings. The van der Waals surface area contributed by atoms with E-state index in [0.717, 1.165) is 32.5 Å². The predicted octanol–water partition coefficient (Wildman–Crippen LogP) is 2.24. The summed E-state index contributed by atoms with van der Waals surface area (Å²) in [5, 5.41) is 0. The SMILES string of the molecule is CN(C)CC1CCN(c2ccc(C(N)=S)cc2F)CC1. The molecule has 1 aliphatic heterocycles. The van der Waals surface area contributed by atoms with E-state index in [1.165, 1.54) is 6.07 Å². The van der Waals surface area contributed by atoms with E-state index in [4.69, 9.17) is 18.0 Å². The van der Waals surface area contributed by atoms with Gasteiger partial charge in [0, 0.05) is 25.2 Å². The van der Waals surface area contributed by atoms with E-state index in [1.54, 1.807) is 12.1 Å². The van der Waals surface area contributed by atoms with Crippen molar-refractivity contribution in [3.63, 3.8) is 0 Å². The van der Waals surface area contributed by atoms with Gasteiger partial charge in [0.1, 0.15) is 10.8 Å². The van der Waals surface area contributed by atoms with Gasteiger partial charge in [-0.1, -0.05) is 12.2 Å². The summed E-state index contributed by atoms with van der Waals surface area (Å²) in [6.45, 7) is 2.92. The maximum Gasteiger partial charge on any atom is 0.147 e. The lowest BCUT2D eigenvalue weighted by atomic mass is 9.96. The number of hydrogen-bond acceptors (Lipinski definition) is 3. The standard InChI is InChI=1S/C15H22FN3S/c1-18(2)10-11-5-7-19(8-6-11)14-4-3-12(15(17)20)9-13(14)16/h3-4,9,11H,5-8,10H2,1-2H3,(H2,17,20). The predicted molar refractivity (Wildman–Crippen MR) is 85.8 cm³/mol. The van der Waals surface area contributed by atoms with Gasteiger partial charge in [0.15, 0.2) is 0 Å². The zero-order chi connectivity index (χ0) is 14.7. The summed E-state index contributed by atoms with van der Waals surface area (Å²) < 4.78 is 14.1. The van der Waals surface area contributed by atoms with Gasteiger partial charge in [-0.25, -0.2) is 4.39 Å². The number of benzene rings is 1. The van der Waals surface area contributed by atoms with Gasteiger partial charge in [0.05, 0.1) is 5.69 Å². The Bertz CT molecular complexity index is 482. The summed E-state index contributed by atoms with van der Waals surface area (Å²) in [5.74, 6) is 0.474. The molecule has 0 atom stereocenters. The molecule has 0 aliphatic carbocycles. The molecule has 20 heavy (non-hydrogen) atoms. The van der Waals surface area contributed by atoms with E-state index in [1.807, 2.05) is 0 Å². The molecule has 1 fully saturated rings. The Morgan fingerprint density at radius 2 is 2.05 bits per heavy atom. The first-order chi connectivity index (χ1) is 9.47. The first kappa shape index (κ1) is 15.2. The zero-order valence-electron chi connectivity index (χ0n) is 12.1. The van der Waals surface area contributed by atoms with Crippen LogP contribution in [0.2, 0.25) is 0 Å². The highest BCUT2D eigenvalue weighted by atomic mass is 32.1. The normalized spacial score (nSPS) is 16.7. The van der Waals surface area contributed by atoms with E-state index in [-0.39, 0.29) is 10.8 Å². The van der Waals surface area contributed by atoms with Gasteiger partial charge in [0.25, 0.3) is 0 Å². The molecule has 1 aromatic carbocycles. The molecule has 110 valence electrons. The smallest absolute Gasteiger partial charge is 0.147 e. The van der Waals surface area contributed by atoms with E-state index < -0.39 is 0 Å². The van der Waals surface area contributed by atoms with Crippen LogP contribution in [0.5, 0.6) is 0 Å². The average molecular weight is 295 g/mol. The van der Waals surface area contributed by atoms with Crippen LogP contribution >= 0.6 is 12.2 Å². The van der Waals surface area contributed by atoms with Crippen molar-refractivity contribution in [2.45, 2.75) is 12.8 Å². The molecular weight excluding hydrogens is 273 g/mol. The minimum atomic E-state index is -0.235. The fourth-order valence-electron chi connectivity index (χ4n) is 2.79. The van der Waals surface area contributed by atoms with E-state index >= 15 is 0 Å². The first-order valence-corrected chi connectivity index (χ1v) is 7.37. The van der Waals surface area contributed by atoms with Gasteiger partial charge in [-0.3, -0.25) is 0 Å². The Labute approximate surface area is 125 Å². The van der Waals surface area contributed by atoms with Crippen LogP contribution in [-0.4, -0.2) is 43.6 Å². The van der Waals surface area contributed by atoms with Crippen LogP contribution in [0.15, 0.2) is 18.2 Å². The van der Waals surface area contributed by atoms with Gasteiger partial charge in [-0.2, -0.15) is 0 Å². The van der Waals surface area contributed by atoms with Crippen molar-refractivity contribution in [2.75, 3.05) is 38.6 Å². The molecule has 0 radical (unpaired) electrons. The molecule has 1 heterocycles. The fourth-order valence-corrected chi connectivity index (χ4v) is 2.92. The molecule has 1 saturated heterocycles. The van der Waals surface area contributed by atoms with Gasteiger partial charge in [0.2, 0.25) is 0 Å². The number of nitrogens with two attached hydrogens (primary N) is 1. The van der Waals surface area contributed by atoms with Crippen molar-refractivity contribution in [3.8, 4) is 0 Å². The summed E-state index contributed by atoms with van der Waals surface area (Å²) in [5.41, 5.74) is 6.77. The molecule has 0 amide bonds. The minimum Gasteiger partial charge on any atom is -0.389 e. The third-order valence-corrected chi connectivity index (χ3v) is 4.05. The Balaban J connectivity index is 2.02. The molecule has 0 aromatic heterocycles. The summed E-state index contributed by atoms with van der Waals surface area (Å²) in [6.07, 6.45) is 2.21. The molecule has 1 aliphatic rings. The Morgan fingerprint density at radius 3 is 2.55 bits per heavy atom. The Hall–Kier alpha value is -1.20. The van der Waals surface area contributed by atoms with E-state index in [2.05, 4.69) is 23.9 Å². The van der Waals surface area contributed by atoms with Crippen molar-refractivity contribution in [3.05, 3.63) is 29.6 Å². The summed E-state index contributed by atoms with van der Waals surface area (Å²) in [4.78, 5) is 4.57. The molecule has 0 spiro atoms. The maximum absolute atomic E-state index is 14.1. The van der Waals surface area contributed by atoms with Crippen LogP contribution in [0.1, 0.15) is 18.4 Å². The molecule has 5 heteroatoms. The molecule has 2 rings (SSSR count). The molecule has 0 unspecified atom stereocenters. The molecule has 3 nitrogen and oxygen atoms in total. The quantitative estimate of drug-likeness (QED) is 0.864. The van der Waals surface area contributed by atoms with Gasteiger partial charge in [-0.05, 0) is 51.1 Å². The van der Waals surface area contributed by atoms with E-state index in [9.17, 15) is 4.39 Å². The summed E-state index contributed by atoms with van der Waals surface area (Å²) in [7, 11) is 4.20. The van der Waals surface area contributed by atoms with Crippen molar-refractivity contribution in [1.29, 1.82) is 0 Å². The molecular formula is C15H22FN3S. The van der Waals surface area contributed by atoms with Crippen molar-refractivity contribution in [1.82, 2.24) is 4.90 Å². The van der Waals surface area contributed by atoms with Crippen molar-refractivity contribution >= 4 is 22.9 Å². The number of rotatable bonds is 4. The van der Waals surface area contributed by atoms with Crippen LogP contribution in [-0.2, 0) is 0 Å². The van der Waals surface area contributed by atoms with Crippen LogP contribution < -0.4 is 10.6 Å². The minimum absolute atomic E-state index is 0.235. The van der Waals surface area contributed by atoms with Crippen LogP contribution in [0.3, 0.4) is 0 Å². The van der Waals surface area contributed by atoms with Crippen molar-refractivity contribution < 1.29 is 4.39 Å². The largest absolute Gasteiger partial charge is 0.389 e. The maximum atomic E-state index is 14.1. The average Bonchev–Trinajstić information content (AvgIpc) is 2.39. The second-order valence-corrected chi connectivity index (χ2v) is 6.16. The van der Waals surface area contributed by atoms with Crippen molar-refractivity contribution in [2.24, 2.45) is 11.7 Å². The molecule has 0 saturated carbocycles. The number of hydrogen-bond donors (Lipinski definition) is 1. The second kappa shape index (κ2) is 6.50. The Kier molecular flexibility index (Phi) is 4.94. The number of thiocarbonyl (C=S) groups is 1. The molecule has 2 N–H and O–H groups in total. The van der Waals surface area contributed by atoms with Gasteiger partial charge in [-0.15, -0.1) is 0 Å². The van der Waals surface area contributed by atoms with Gasteiger partial charge >= 0.3 is 0 Å². The van der Waals surface area contributed by atoms with Gasteiger partial charge < -0.3 is 15.5 Å². The lowest BCUT2D eigenvalue weighted by molar-refractivity contribution is 0.284. The number of nitrogens with zero attached hydrogens (tertiary/aromatic N) is 2. The number of piperidine rings is 1. The topological polar surface area (TPSA) is 32.5 Å². The lowest BCUT2D eigenvalue weighted by Gasteiger charge is -2.34. The summed E-state index contributed by atoms with van der Waals surface area (Å²) in [6, 6.07) is 5.02. The van der Waals surface area contributed by atoms with E-state index in [0.29, 0.717) is 17.2 Å². The zero-order valence-corrected chi connectivity index (χ0v) is 12.9. The fraction of sp³-hybridized carbons (Fsp3) is 0.533. The monoisotopic (exact) mass is 295 g/mol. The lowest BCUT2D eigenvalue weighted by Crippen LogP contribution is -2.37. The Morgan fingerprint density at radius 1 is 1.40 bits per heavy atom. The van der Waals surface area contributed by atoms with Crippen LogP contribution in [0.4, 0.5) is 10.1 Å². The molecule has 0 bridgehead atoms. The highest BCUT2D eigenvalue weighted by molar-refractivity contribution is 7.80. The highest BCUT2D eigenvalue weighted by Gasteiger charge is 2.21. The van der Waals surface area contributed by atoms with Crippen LogP contribution in [0.25, 0.3) is 0 Å². The first-order valence-electron chi connectivity index (χ1n) is 6.96. The third-order valence-electron chi connectivity index (χ3n) is 3.81. The number of anilines is 1. The third kappa shape index (κ3) is 3.67. The highest BCUT2D eigenvalue weighted by Crippen LogP contribution is 2.26. The summed E-state index contributed by atoms with van der Waals surface area (Å²) >= 11 is 4.87. The second-order valence-electron chi connectivity index (χ2n) is 5.72. The van der Waals surface area contributed by atoms with Crippen LogP contribution in [0, 0.1) is 11.7 Å².